The maximum atomic E-state index is 13.0. The number of aromatic nitrogens is 4. The minimum absolute atomic E-state index is 0.0543. The third-order valence-electron chi connectivity index (χ3n) is 6.12. The molecule has 4 aromatic rings. The van der Waals surface area contributed by atoms with Gasteiger partial charge in [-0.3, -0.25) is 4.57 Å². The van der Waals surface area contributed by atoms with Crippen molar-refractivity contribution in [2.24, 2.45) is 5.92 Å². The average molecular weight is 376 g/mol. The molecule has 0 saturated heterocycles. The van der Waals surface area contributed by atoms with E-state index in [4.69, 9.17) is 4.98 Å². The number of aromatic hydroxyl groups is 1. The lowest BCUT2D eigenvalue weighted by atomic mass is 9.85. The highest BCUT2D eigenvalue weighted by molar-refractivity contribution is 6.02. The molecule has 1 fully saturated rings. The first-order valence-corrected chi connectivity index (χ1v) is 10.00. The number of pyridine rings is 1. The van der Waals surface area contributed by atoms with Gasteiger partial charge in [0.25, 0.3) is 0 Å². The number of hydrogen-bond acceptors (Lipinski definition) is 3. The fourth-order valence-corrected chi connectivity index (χ4v) is 4.74. The van der Waals surface area contributed by atoms with Gasteiger partial charge in [0, 0.05) is 24.0 Å². The number of phenols is 1. The summed E-state index contributed by atoms with van der Waals surface area (Å²) in [5.74, 6) is 0.707. The first-order chi connectivity index (χ1) is 13.6. The number of aromatic amines is 2. The first kappa shape index (κ1) is 17.1. The average Bonchev–Trinajstić information content (AvgIpc) is 3.26. The van der Waals surface area contributed by atoms with Crippen molar-refractivity contribution in [2.45, 2.75) is 45.1 Å². The molecule has 1 aliphatic carbocycles. The number of hydrogen-bond donors (Lipinski definition) is 3. The van der Waals surface area contributed by atoms with Gasteiger partial charge in [0.2, 0.25) is 0 Å². The third kappa shape index (κ3) is 2.71. The van der Waals surface area contributed by atoms with Gasteiger partial charge in [-0.25, -0.2) is 9.78 Å². The lowest BCUT2D eigenvalue weighted by molar-refractivity contribution is 0.258. The summed E-state index contributed by atoms with van der Waals surface area (Å²) in [6.45, 7) is 2.25. The minimum Gasteiger partial charge on any atom is -0.508 e. The Balaban J connectivity index is 1.74. The van der Waals surface area contributed by atoms with Crippen LogP contribution < -0.4 is 5.69 Å². The van der Waals surface area contributed by atoms with Gasteiger partial charge >= 0.3 is 5.69 Å². The van der Waals surface area contributed by atoms with Crippen LogP contribution in [-0.2, 0) is 6.42 Å². The molecular formula is C22H24N4O2. The molecule has 1 saturated carbocycles. The Morgan fingerprint density at radius 2 is 2.11 bits per heavy atom. The second-order valence-corrected chi connectivity index (χ2v) is 8.00. The zero-order valence-electron chi connectivity index (χ0n) is 15.9. The standard InChI is InChI=1S/C22H24N4O2/c1-13-5-2-3-8-18(13)26-20-16-9-10-23-21(16)24-17(19(20)25-22(26)28)12-14-6-4-7-15(27)11-14/h4,6-7,9-11,13,18,27H,2-3,5,8,12H2,1H3,(H,23,24)(H,25,28)/t13-,18+/m1/s1. The molecule has 0 spiro atoms. The normalized spacial score (nSPS) is 20.2. The fraction of sp³-hybridized carbons (Fsp3) is 0.364. The third-order valence-corrected chi connectivity index (χ3v) is 6.12. The van der Waals surface area contributed by atoms with Crippen LogP contribution in [0.25, 0.3) is 22.1 Å². The summed E-state index contributed by atoms with van der Waals surface area (Å²) in [4.78, 5) is 24.1. The Morgan fingerprint density at radius 1 is 1.25 bits per heavy atom. The Hall–Kier alpha value is -3.02. The molecule has 6 nitrogen and oxygen atoms in total. The van der Waals surface area contributed by atoms with Crippen molar-refractivity contribution >= 4 is 22.1 Å². The molecule has 3 N–H and O–H groups in total. The number of imidazole rings is 1. The largest absolute Gasteiger partial charge is 0.508 e. The van der Waals surface area contributed by atoms with E-state index in [1.807, 2.05) is 29.0 Å². The number of benzene rings is 1. The Labute approximate surface area is 162 Å². The van der Waals surface area contributed by atoms with Crippen LogP contribution >= 0.6 is 0 Å². The zero-order valence-corrected chi connectivity index (χ0v) is 15.9. The van der Waals surface area contributed by atoms with Crippen LogP contribution in [0.5, 0.6) is 5.75 Å². The fourth-order valence-electron chi connectivity index (χ4n) is 4.74. The second-order valence-electron chi connectivity index (χ2n) is 8.00. The molecule has 2 atom stereocenters. The van der Waals surface area contributed by atoms with Crippen LogP contribution in [0.3, 0.4) is 0 Å². The molecule has 1 aliphatic rings. The molecule has 0 amide bonds. The van der Waals surface area contributed by atoms with Gasteiger partial charge in [0.15, 0.2) is 0 Å². The maximum absolute atomic E-state index is 13.0. The van der Waals surface area contributed by atoms with Crippen LogP contribution in [0.4, 0.5) is 0 Å². The van der Waals surface area contributed by atoms with E-state index < -0.39 is 0 Å². The van der Waals surface area contributed by atoms with Crippen molar-refractivity contribution in [1.82, 2.24) is 19.5 Å². The van der Waals surface area contributed by atoms with Crippen molar-refractivity contribution in [1.29, 1.82) is 0 Å². The molecule has 3 aromatic heterocycles. The van der Waals surface area contributed by atoms with E-state index in [1.165, 1.54) is 6.42 Å². The quantitative estimate of drug-likeness (QED) is 0.499. The van der Waals surface area contributed by atoms with E-state index in [-0.39, 0.29) is 17.5 Å². The molecule has 1 aromatic carbocycles. The molecule has 0 aliphatic heterocycles. The number of nitrogens with zero attached hydrogens (tertiary/aromatic N) is 2. The highest BCUT2D eigenvalue weighted by Gasteiger charge is 2.28. The second kappa shape index (κ2) is 6.55. The summed E-state index contributed by atoms with van der Waals surface area (Å²) in [5, 5.41) is 10.8. The number of fused-ring (bicyclic) bond motifs is 3. The molecule has 0 radical (unpaired) electrons. The van der Waals surface area contributed by atoms with Crippen LogP contribution in [0, 0.1) is 5.92 Å². The van der Waals surface area contributed by atoms with Gasteiger partial charge in [-0.2, -0.15) is 0 Å². The van der Waals surface area contributed by atoms with E-state index in [1.54, 1.807) is 12.1 Å². The molecule has 0 unspecified atom stereocenters. The van der Waals surface area contributed by atoms with Crippen LogP contribution in [0.1, 0.15) is 49.9 Å². The molecule has 3 heterocycles. The van der Waals surface area contributed by atoms with E-state index in [9.17, 15) is 9.90 Å². The Morgan fingerprint density at radius 3 is 2.93 bits per heavy atom. The van der Waals surface area contributed by atoms with Crippen molar-refractivity contribution in [3.63, 3.8) is 0 Å². The van der Waals surface area contributed by atoms with Crippen LogP contribution in [-0.4, -0.2) is 24.6 Å². The van der Waals surface area contributed by atoms with Gasteiger partial charge in [0.1, 0.15) is 11.4 Å². The molecule has 0 bridgehead atoms. The highest BCUT2D eigenvalue weighted by Crippen LogP contribution is 2.36. The smallest absolute Gasteiger partial charge is 0.326 e. The SMILES string of the molecule is C[C@@H]1CCCC[C@@H]1n1c(=O)[nH]c2c(Cc3cccc(O)c3)nc3[nH]ccc3c21. The van der Waals surface area contributed by atoms with Crippen LogP contribution in [0.15, 0.2) is 41.3 Å². The Bertz CT molecular complexity index is 1220. The van der Waals surface area contributed by atoms with Gasteiger partial charge in [-0.05, 0) is 42.5 Å². The van der Waals surface area contributed by atoms with Gasteiger partial charge in [-0.1, -0.05) is 31.9 Å². The molecular weight excluding hydrogens is 352 g/mol. The minimum atomic E-state index is -0.0543. The van der Waals surface area contributed by atoms with E-state index >= 15 is 0 Å². The topological polar surface area (TPSA) is 86.7 Å². The van der Waals surface area contributed by atoms with Crippen molar-refractivity contribution in [3.8, 4) is 5.75 Å². The van der Waals surface area contributed by atoms with Gasteiger partial charge in [0.05, 0.1) is 16.7 Å². The summed E-state index contributed by atoms with van der Waals surface area (Å²) in [5.41, 5.74) is 4.26. The maximum Gasteiger partial charge on any atom is 0.326 e. The number of H-pyrrole nitrogens is 2. The number of rotatable bonds is 3. The molecule has 144 valence electrons. The van der Waals surface area contributed by atoms with E-state index in [0.29, 0.717) is 12.3 Å². The summed E-state index contributed by atoms with van der Waals surface area (Å²) >= 11 is 0. The van der Waals surface area contributed by atoms with Crippen molar-refractivity contribution in [2.75, 3.05) is 0 Å². The Kier molecular flexibility index (Phi) is 4.00. The predicted molar refractivity (Wildman–Crippen MR) is 110 cm³/mol. The monoisotopic (exact) mass is 376 g/mol. The van der Waals surface area contributed by atoms with Crippen LogP contribution in [0.2, 0.25) is 0 Å². The molecule has 6 heteroatoms. The number of phenolic OH excluding ortho intramolecular Hbond substituents is 1. The van der Waals surface area contributed by atoms with Crippen molar-refractivity contribution < 1.29 is 5.11 Å². The summed E-state index contributed by atoms with van der Waals surface area (Å²) in [6.07, 6.45) is 7.00. The summed E-state index contributed by atoms with van der Waals surface area (Å²) in [7, 11) is 0. The number of nitrogens with one attached hydrogen (secondary N) is 2. The predicted octanol–water partition coefficient (Wildman–Crippen LogP) is 4.25. The van der Waals surface area contributed by atoms with Gasteiger partial charge < -0.3 is 15.1 Å². The summed E-state index contributed by atoms with van der Waals surface area (Å²) < 4.78 is 1.98. The van der Waals surface area contributed by atoms with E-state index in [2.05, 4.69) is 16.9 Å². The van der Waals surface area contributed by atoms with Gasteiger partial charge in [-0.15, -0.1) is 0 Å². The highest BCUT2D eigenvalue weighted by atomic mass is 16.3. The first-order valence-electron chi connectivity index (χ1n) is 10.00. The summed E-state index contributed by atoms with van der Waals surface area (Å²) in [6, 6.07) is 9.40. The molecule has 5 rings (SSSR count). The van der Waals surface area contributed by atoms with Crippen molar-refractivity contribution in [3.05, 3.63) is 58.3 Å². The van der Waals surface area contributed by atoms with E-state index in [0.717, 1.165) is 52.6 Å². The lowest BCUT2D eigenvalue weighted by Gasteiger charge is -2.29. The molecule has 28 heavy (non-hydrogen) atoms. The zero-order chi connectivity index (χ0) is 19.3. The lowest BCUT2D eigenvalue weighted by Crippen LogP contribution is -2.28.